The molecule has 4 aromatic rings. The molecule has 0 atom stereocenters. The summed E-state index contributed by atoms with van der Waals surface area (Å²) in [4.78, 5) is 8.32. The zero-order valence-corrected chi connectivity index (χ0v) is 14.8. The fraction of sp³-hybridized carbons (Fsp3) is 0.0526. The standard InChI is InChI=1S/C19H13ClF2N4O/c1-10-16-18(26-25-15-8-13(21)6-7-14(15)22)23-9-24-19(16)27-17(10)11-2-4-12(20)5-3-11/h2-9,25H,1H3,(H,23,24,26). The minimum absolute atomic E-state index is 0.0409. The summed E-state index contributed by atoms with van der Waals surface area (Å²) in [6, 6.07) is 10.3. The number of rotatable bonds is 4. The van der Waals surface area contributed by atoms with E-state index in [1.807, 2.05) is 19.1 Å². The van der Waals surface area contributed by atoms with E-state index in [0.29, 0.717) is 27.7 Å². The third-order valence-corrected chi connectivity index (χ3v) is 4.33. The Morgan fingerprint density at radius 2 is 1.78 bits per heavy atom. The number of hydrogen-bond donors (Lipinski definition) is 2. The lowest BCUT2D eigenvalue weighted by atomic mass is 10.1. The minimum atomic E-state index is -0.597. The molecule has 27 heavy (non-hydrogen) atoms. The van der Waals surface area contributed by atoms with Crippen molar-refractivity contribution in [2.75, 3.05) is 10.9 Å². The first-order valence-electron chi connectivity index (χ1n) is 8.00. The number of fused-ring (bicyclic) bond motifs is 1. The first kappa shape index (κ1) is 17.2. The maximum absolute atomic E-state index is 13.8. The van der Waals surface area contributed by atoms with Crippen LogP contribution in [0.5, 0.6) is 0 Å². The molecular formula is C19H13ClF2N4O. The highest BCUT2D eigenvalue weighted by molar-refractivity contribution is 6.30. The number of anilines is 2. The van der Waals surface area contributed by atoms with Gasteiger partial charge in [-0.2, -0.15) is 0 Å². The van der Waals surface area contributed by atoms with Crippen molar-refractivity contribution < 1.29 is 13.2 Å². The Hall–Kier alpha value is -3.19. The van der Waals surface area contributed by atoms with Gasteiger partial charge in [-0.25, -0.2) is 18.7 Å². The van der Waals surface area contributed by atoms with Gasteiger partial charge in [-0.3, -0.25) is 10.9 Å². The van der Waals surface area contributed by atoms with Crippen molar-refractivity contribution in [3.63, 3.8) is 0 Å². The summed E-state index contributed by atoms with van der Waals surface area (Å²) in [6.45, 7) is 1.87. The first-order chi connectivity index (χ1) is 13.0. The van der Waals surface area contributed by atoms with Gasteiger partial charge in [0.1, 0.15) is 23.7 Å². The summed E-state index contributed by atoms with van der Waals surface area (Å²) in [7, 11) is 0. The topological polar surface area (TPSA) is 63.0 Å². The van der Waals surface area contributed by atoms with Gasteiger partial charge in [0, 0.05) is 22.2 Å². The lowest BCUT2D eigenvalue weighted by Gasteiger charge is -2.10. The van der Waals surface area contributed by atoms with Crippen LogP contribution in [0.25, 0.3) is 22.4 Å². The summed E-state index contributed by atoms with van der Waals surface area (Å²) in [5, 5.41) is 1.25. The number of aromatic nitrogens is 2. The van der Waals surface area contributed by atoms with E-state index in [0.717, 1.165) is 29.3 Å². The van der Waals surface area contributed by atoms with Gasteiger partial charge in [-0.15, -0.1) is 0 Å². The van der Waals surface area contributed by atoms with Gasteiger partial charge in [0.05, 0.1) is 11.1 Å². The molecule has 2 aromatic carbocycles. The molecule has 0 fully saturated rings. The Bertz CT molecular complexity index is 1130. The third kappa shape index (κ3) is 3.29. The Labute approximate surface area is 158 Å². The molecule has 0 unspecified atom stereocenters. The lowest BCUT2D eigenvalue weighted by molar-refractivity contribution is 0.603. The van der Waals surface area contributed by atoms with E-state index in [-0.39, 0.29) is 5.69 Å². The third-order valence-electron chi connectivity index (χ3n) is 4.08. The Balaban J connectivity index is 1.71. The van der Waals surface area contributed by atoms with Crippen LogP contribution in [0.4, 0.5) is 20.3 Å². The smallest absolute Gasteiger partial charge is 0.232 e. The van der Waals surface area contributed by atoms with Gasteiger partial charge in [-0.1, -0.05) is 11.6 Å². The van der Waals surface area contributed by atoms with Crippen molar-refractivity contribution in [1.29, 1.82) is 0 Å². The SMILES string of the molecule is Cc1c(-c2ccc(Cl)cc2)oc2ncnc(NNc3cc(F)ccc3F)c12. The van der Waals surface area contributed by atoms with E-state index < -0.39 is 11.6 Å². The second-order valence-corrected chi connectivity index (χ2v) is 6.28. The maximum atomic E-state index is 13.8. The zero-order valence-electron chi connectivity index (χ0n) is 14.1. The fourth-order valence-corrected chi connectivity index (χ4v) is 2.89. The second kappa shape index (κ2) is 6.85. The number of halogens is 3. The van der Waals surface area contributed by atoms with E-state index in [2.05, 4.69) is 20.8 Å². The molecule has 0 amide bonds. The summed E-state index contributed by atoms with van der Waals surface area (Å²) >= 11 is 5.94. The molecule has 136 valence electrons. The molecule has 8 heteroatoms. The molecule has 0 saturated heterocycles. The summed E-state index contributed by atoms with van der Waals surface area (Å²) in [5.41, 5.74) is 7.40. The van der Waals surface area contributed by atoms with Gasteiger partial charge in [0.15, 0.2) is 5.82 Å². The van der Waals surface area contributed by atoms with Crippen LogP contribution in [-0.4, -0.2) is 9.97 Å². The normalized spacial score (nSPS) is 11.0. The summed E-state index contributed by atoms with van der Waals surface area (Å²) < 4.78 is 33.0. The summed E-state index contributed by atoms with van der Waals surface area (Å²) in [6.07, 6.45) is 1.32. The van der Waals surface area contributed by atoms with Crippen molar-refractivity contribution in [3.05, 3.63) is 71.0 Å². The molecule has 4 rings (SSSR count). The van der Waals surface area contributed by atoms with Crippen LogP contribution in [0, 0.1) is 18.6 Å². The highest BCUT2D eigenvalue weighted by Gasteiger charge is 2.17. The predicted octanol–water partition coefficient (Wildman–Crippen LogP) is 5.57. The number of aryl methyl sites for hydroxylation is 1. The van der Waals surface area contributed by atoms with Crippen molar-refractivity contribution in [2.45, 2.75) is 6.92 Å². The Morgan fingerprint density at radius 1 is 1.00 bits per heavy atom. The molecule has 2 heterocycles. The summed E-state index contributed by atoms with van der Waals surface area (Å²) in [5.74, 6) is -0.148. The van der Waals surface area contributed by atoms with Gasteiger partial charge < -0.3 is 4.42 Å². The molecule has 2 N–H and O–H groups in total. The monoisotopic (exact) mass is 386 g/mol. The number of nitrogens with zero attached hydrogens (tertiary/aromatic N) is 2. The number of hydrazine groups is 1. The average Bonchev–Trinajstić information content (AvgIpc) is 3.00. The van der Waals surface area contributed by atoms with Gasteiger partial charge in [0.2, 0.25) is 5.71 Å². The van der Waals surface area contributed by atoms with E-state index >= 15 is 0 Å². The maximum Gasteiger partial charge on any atom is 0.232 e. The minimum Gasteiger partial charge on any atom is -0.437 e. The highest BCUT2D eigenvalue weighted by atomic mass is 35.5. The van der Waals surface area contributed by atoms with E-state index in [4.69, 9.17) is 16.0 Å². The molecule has 0 saturated carbocycles. The fourth-order valence-electron chi connectivity index (χ4n) is 2.76. The average molecular weight is 387 g/mol. The predicted molar refractivity (Wildman–Crippen MR) is 101 cm³/mol. The van der Waals surface area contributed by atoms with Crippen LogP contribution >= 0.6 is 11.6 Å². The molecule has 5 nitrogen and oxygen atoms in total. The quantitative estimate of drug-likeness (QED) is 0.449. The molecule has 0 radical (unpaired) electrons. The van der Waals surface area contributed by atoms with Crippen molar-refractivity contribution in [2.24, 2.45) is 0 Å². The van der Waals surface area contributed by atoms with Crippen LogP contribution < -0.4 is 10.9 Å². The van der Waals surface area contributed by atoms with Crippen LogP contribution in [0.2, 0.25) is 5.02 Å². The van der Waals surface area contributed by atoms with E-state index in [1.54, 1.807) is 12.1 Å². The van der Waals surface area contributed by atoms with Crippen LogP contribution in [0.1, 0.15) is 5.56 Å². The van der Waals surface area contributed by atoms with Crippen molar-refractivity contribution in [1.82, 2.24) is 9.97 Å². The largest absolute Gasteiger partial charge is 0.437 e. The number of benzene rings is 2. The zero-order chi connectivity index (χ0) is 19.0. The Morgan fingerprint density at radius 3 is 2.56 bits per heavy atom. The second-order valence-electron chi connectivity index (χ2n) is 5.84. The molecule has 0 aliphatic heterocycles. The first-order valence-corrected chi connectivity index (χ1v) is 8.38. The molecule has 0 aliphatic rings. The van der Waals surface area contributed by atoms with Gasteiger partial charge in [-0.05, 0) is 43.3 Å². The molecule has 2 aromatic heterocycles. The Kier molecular flexibility index (Phi) is 4.37. The van der Waals surface area contributed by atoms with Crippen molar-refractivity contribution >= 4 is 34.2 Å². The molecule has 0 spiro atoms. The molecule has 0 aliphatic carbocycles. The molecular weight excluding hydrogens is 374 g/mol. The van der Waals surface area contributed by atoms with Crippen LogP contribution in [0.15, 0.2) is 53.2 Å². The van der Waals surface area contributed by atoms with Crippen LogP contribution in [-0.2, 0) is 0 Å². The number of hydrogen-bond acceptors (Lipinski definition) is 5. The van der Waals surface area contributed by atoms with Crippen molar-refractivity contribution in [3.8, 4) is 11.3 Å². The molecule has 0 bridgehead atoms. The number of furan rings is 1. The van der Waals surface area contributed by atoms with Gasteiger partial charge in [0.25, 0.3) is 0 Å². The highest BCUT2D eigenvalue weighted by Crippen LogP contribution is 2.35. The van der Waals surface area contributed by atoms with E-state index in [1.165, 1.54) is 6.33 Å². The number of nitrogens with one attached hydrogen (secondary N) is 2. The van der Waals surface area contributed by atoms with E-state index in [9.17, 15) is 8.78 Å². The van der Waals surface area contributed by atoms with Gasteiger partial charge >= 0.3 is 0 Å². The van der Waals surface area contributed by atoms with Crippen LogP contribution in [0.3, 0.4) is 0 Å². The lowest BCUT2D eigenvalue weighted by Crippen LogP contribution is -2.12.